The molecule has 0 aliphatic heterocycles. The topological polar surface area (TPSA) is 0 Å². The molecule has 0 aromatic heterocycles. The van der Waals surface area contributed by atoms with Gasteiger partial charge < -0.3 is 0 Å². The minimum Gasteiger partial charge on any atom is -0.207 e. The maximum Gasteiger partial charge on any atom is 0.123 e. The van der Waals surface area contributed by atoms with Gasteiger partial charge >= 0.3 is 0 Å². The number of halogens is 1. The third-order valence-corrected chi connectivity index (χ3v) is 3.91. The molecular weight excluding hydrogens is 259 g/mol. The van der Waals surface area contributed by atoms with Gasteiger partial charge in [-0.3, -0.25) is 0 Å². The van der Waals surface area contributed by atoms with Crippen molar-refractivity contribution in [3.63, 3.8) is 0 Å². The standard InChI is InChI=1S/C20H13F/c21-15-11-12-17-16-9-5-6-10-18(16)20(19(17)13-15)14-7-3-1-2-4-8-14/h1-13H. The molecule has 0 fully saturated rings. The van der Waals surface area contributed by atoms with E-state index < -0.39 is 0 Å². The van der Waals surface area contributed by atoms with Crippen LogP contribution in [0.2, 0.25) is 0 Å². The molecule has 0 heterocycles. The minimum atomic E-state index is -0.195. The van der Waals surface area contributed by atoms with Crippen LogP contribution in [-0.2, 0) is 0 Å². The van der Waals surface area contributed by atoms with Crippen LogP contribution in [0.1, 0.15) is 11.1 Å². The summed E-state index contributed by atoms with van der Waals surface area (Å²) in [7, 11) is 0. The van der Waals surface area contributed by atoms with Crippen molar-refractivity contribution in [2.75, 3.05) is 0 Å². The Morgan fingerprint density at radius 2 is 1.29 bits per heavy atom. The smallest absolute Gasteiger partial charge is 0.123 e. The average molecular weight is 272 g/mol. The molecule has 0 atom stereocenters. The van der Waals surface area contributed by atoms with Crippen LogP contribution in [0.3, 0.4) is 0 Å². The van der Waals surface area contributed by atoms with E-state index in [1.54, 1.807) is 6.07 Å². The summed E-state index contributed by atoms with van der Waals surface area (Å²) in [5, 5.41) is 0. The first-order valence-corrected chi connectivity index (χ1v) is 7.00. The zero-order chi connectivity index (χ0) is 14.2. The molecule has 0 radical (unpaired) electrons. The zero-order valence-corrected chi connectivity index (χ0v) is 11.4. The number of fused-ring (bicyclic) bond motifs is 3. The van der Waals surface area contributed by atoms with Gasteiger partial charge in [0, 0.05) is 0 Å². The summed E-state index contributed by atoms with van der Waals surface area (Å²) in [5.41, 5.74) is 6.64. The van der Waals surface area contributed by atoms with Crippen molar-refractivity contribution in [1.82, 2.24) is 0 Å². The van der Waals surface area contributed by atoms with E-state index in [2.05, 4.69) is 24.3 Å². The highest BCUT2D eigenvalue weighted by Gasteiger charge is 2.25. The highest BCUT2D eigenvalue weighted by Crippen LogP contribution is 2.46. The lowest BCUT2D eigenvalue weighted by molar-refractivity contribution is 0.627. The summed E-state index contributed by atoms with van der Waals surface area (Å²) in [6, 6.07) is 13.3. The second-order valence-electron chi connectivity index (χ2n) is 5.17. The molecule has 0 saturated heterocycles. The van der Waals surface area contributed by atoms with E-state index in [0.717, 1.165) is 22.3 Å². The van der Waals surface area contributed by atoms with Crippen LogP contribution in [0.25, 0.3) is 16.7 Å². The van der Waals surface area contributed by atoms with E-state index in [-0.39, 0.29) is 5.82 Å². The summed E-state index contributed by atoms with van der Waals surface area (Å²) in [4.78, 5) is 0. The molecular formula is C20H13F. The molecule has 0 saturated carbocycles. The van der Waals surface area contributed by atoms with E-state index in [1.807, 2.05) is 42.5 Å². The predicted octanol–water partition coefficient (Wildman–Crippen LogP) is 5.29. The molecule has 0 N–H and O–H groups in total. The highest BCUT2D eigenvalue weighted by atomic mass is 19.1. The first-order chi connectivity index (χ1) is 10.3. The van der Waals surface area contributed by atoms with Crippen molar-refractivity contribution < 1.29 is 4.39 Å². The Hall–Kier alpha value is -2.67. The predicted molar refractivity (Wildman–Crippen MR) is 85.3 cm³/mol. The van der Waals surface area contributed by atoms with Gasteiger partial charge in [-0.2, -0.15) is 0 Å². The molecule has 2 aromatic carbocycles. The van der Waals surface area contributed by atoms with Gasteiger partial charge in [0.2, 0.25) is 0 Å². The highest BCUT2D eigenvalue weighted by molar-refractivity contribution is 6.03. The average Bonchev–Trinajstić information content (AvgIpc) is 2.66. The van der Waals surface area contributed by atoms with Crippen LogP contribution in [0.4, 0.5) is 4.39 Å². The van der Waals surface area contributed by atoms with Gasteiger partial charge in [-0.15, -0.1) is 0 Å². The lowest BCUT2D eigenvalue weighted by Crippen LogP contribution is -1.87. The third-order valence-electron chi connectivity index (χ3n) is 3.91. The van der Waals surface area contributed by atoms with Crippen molar-refractivity contribution in [3.05, 3.63) is 101 Å². The Morgan fingerprint density at radius 3 is 2.05 bits per heavy atom. The number of rotatable bonds is 0. The summed E-state index contributed by atoms with van der Waals surface area (Å²) >= 11 is 0. The molecule has 0 amide bonds. The second kappa shape index (κ2) is 4.71. The van der Waals surface area contributed by atoms with Gasteiger partial charge in [0.1, 0.15) is 5.82 Å². The third kappa shape index (κ3) is 1.90. The molecule has 21 heavy (non-hydrogen) atoms. The fourth-order valence-electron chi connectivity index (χ4n) is 3.02. The van der Waals surface area contributed by atoms with Gasteiger partial charge in [0.05, 0.1) is 0 Å². The monoisotopic (exact) mass is 272 g/mol. The van der Waals surface area contributed by atoms with Gasteiger partial charge in [-0.1, -0.05) is 66.8 Å². The van der Waals surface area contributed by atoms with Gasteiger partial charge in [-0.25, -0.2) is 4.39 Å². The molecule has 4 rings (SSSR count). The molecule has 2 aliphatic carbocycles. The SMILES string of the molecule is Fc1ccc2c(c1)C(=C1C=CC=CC=C1)c1ccccc1-2. The van der Waals surface area contributed by atoms with E-state index in [4.69, 9.17) is 0 Å². The van der Waals surface area contributed by atoms with E-state index in [0.29, 0.717) is 0 Å². The van der Waals surface area contributed by atoms with E-state index >= 15 is 0 Å². The van der Waals surface area contributed by atoms with Crippen molar-refractivity contribution >= 4 is 5.57 Å². The number of hydrogen-bond donors (Lipinski definition) is 0. The Bertz CT molecular complexity index is 830. The molecule has 0 bridgehead atoms. The molecule has 100 valence electrons. The van der Waals surface area contributed by atoms with Crippen LogP contribution >= 0.6 is 0 Å². The fourth-order valence-corrected chi connectivity index (χ4v) is 3.02. The lowest BCUT2D eigenvalue weighted by atomic mass is 9.97. The number of benzene rings is 2. The first-order valence-electron chi connectivity index (χ1n) is 7.00. The number of allylic oxidation sites excluding steroid dienone is 7. The largest absolute Gasteiger partial charge is 0.207 e. The Kier molecular flexibility index (Phi) is 2.71. The van der Waals surface area contributed by atoms with Crippen molar-refractivity contribution in [2.45, 2.75) is 0 Å². The molecule has 0 spiro atoms. The van der Waals surface area contributed by atoms with Crippen LogP contribution in [0, 0.1) is 5.82 Å². The Labute approximate surface area is 123 Å². The minimum absolute atomic E-state index is 0.195. The van der Waals surface area contributed by atoms with Gasteiger partial charge in [0.25, 0.3) is 0 Å². The number of hydrogen-bond acceptors (Lipinski definition) is 0. The van der Waals surface area contributed by atoms with E-state index in [9.17, 15) is 4.39 Å². The van der Waals surface area contributed by atoms with Crippen LogP contribution < -0.4 is 0 Å². The summed E-state index contributed by atoms with van der Waals surface area (Å²) in [5.74, 6) is -0.195. The second-order valence-corrected chi connectivity index (χ2v) is 5.17. The van der Waals surface area contributed by atoms with Crippen LogP contribution in [0.5, 0.6) is 0 Å². The molecule has 2 aliphatic rings. The van der Waals surface area contributed by atoms with Crippen molar-refractivity contribution in [3.8, 4) is 11.1 Å². The lowest BCUT2D eigenvalue weighted by Gasteiger charge is -2.06. The molecule has 1 heteroatoms. The van der Waals surface area contributed by atoms with Gasteiger partial charge in [0.15, 0.2) is 0 Å². The van der Waals surface area contributed by atoms with E-state index in [1.165, 1.54) is 17.2 Å². The summed E-state index contributed by atoms with van der Waals surface area (Å²) < 4.78 is 13.7. The van der Waals surface area contributed by atoms with Crippen LogP contribution in [0.15, 0.2) is 84.5 Å². The molecule has 0 nitrogen and oxygen atoms in total. The summed E-state index contributed by atoms with van der Waals surface area (Å²) in [6.07, 6.45) is 12.2. The Morgan fingerprint density at radius 1 is 0.619 bits per heavy atom. The summed E-state index contributed by atoms with van der Waals surface area (Å²) in [6.45, 7) is 0. The molecule has 2 aromatic rings. The van der Waals surface area contributed by atoms with Gasteiger partial charge in [-0.05, 0) is 45.5 Å². The first kappa shape index (κ1) is 12.1. The normalized spacial score (nSPS) is 15.1. The maximum absolute atomic E-state index is 13.7. The molecule has 0 unspecified atom stereocenters. The fraction of sp³-hybridized carbons (Fsp3) is 0. The maximum atomic E-state index is 13.7. The zero-order valence-electron chi connectivity index (χ0n) is 11.4. The van der Waals surface area contributed by atoms with Crippen LogP contribution in [-0.4, -0.2) is 0 Å². The van der Waals surface area contributed by atoms with Crippen molar-refractivity contribution in [1.29, 1.82) is 0 Å². The quantitative estimate of drug-likeness (QED) is 0.521. The van der Waals surface area contributed by atoms with Crippen molar-refractivity contribution in [2.24, 2.45) is 0 Å². The Balaban J connectivity index is 2.08.